The summed E-state index contributed by atoms with van der Waals surface area (Å²) in [4.78, 5) is 81.1. The van der Waals surface area contributed by atoms with Crippen LogP contribution in [-0.2, 0) is 52.5 Å². The SMILES string of the molecule is O=C[C@H](CCCCNC(=O)COCCOCCNC(=O)COCCOCCNC(=O)CC[C@H](NC(=O)CCCCCCCCCCCCCCCCC(=O)O)C(=O)O)NI. The van der Waals surface area contributed by atoms with Gasteiger partial charge in [0, 0.05) is 61.8 Å². The van der Waals surface area contributed by atoms with Gasteiger partial charge in [-0.25, -0.2) is 4.79 Å². The van der Waals surface area contributed by atoms with Crippen LogP contribution in [0.15, 0.2) is 0 Å². The molecule has 0 aliphatic rings. The molecule has 7 N–H and O–H groups in total. The van der Waals surface area contributed by atoms with Gasteiger partial charge in [0.05, 0.1) is 45.7 Å². The number of hydrogen-bond acceptors (Lipinski definition) is 12. The average molecular weight is 972 g/mol. The molecule has 0 aromatic heterocycles. The largest absolute Gasteiger partial charge is 0.481 e. The third-order valence-corrected chi connectivity index (χ3v) is 10.1. The van der Waals surface area contributed by atoms with Crippen molar-refractivity contribution in [1.82, 2.24) is 24.8 Å². The van der Waals surface area contributed by atoms with Crippen LogP contribution >= 0.6 is 22.9 Å². The summed E-state index contributed by atoms with van der Waals surface area (Å²) in [6.07, 6.45) is 18.7. The normalized spacial score (nSPS) is 12.0. The van der Waals surface area contributed by atoms with Crippen LogP contribution in [0.25, 0.3) is 0 Å². The topological polar surface area (TPSA) is 257 Å². The Kier molecular flexibility index (Phi) is 40.6. The van der Waals surface area contributed by atoms with Crippen LogP contribution < -0.4 is 24.8 Å². The van der Waals surface area contributed by atoms with Crippen molar-refractivity contribution in [3.8, 4) is 0 Å². The highest BCUT2D eigenvalue weighted by Crippen LogP contribution is 2.14. The number of carboxylic acid groups (broad SMARTS) is 2. The molecule has 0 saturated carbocycles. The van der Waals surface area contributed by atoms with Gasteiger partial charge in [-0.2, -0.15) is 0 Å². The van der Waals surface area contributed by atoms with E-state index in [4.69, 9.17) is 24.1 Å². The summed E-state index contributed by atoms with van der Waals surface area (Å²) in [5, 5.41) is 28.8. The Morgan fingerprint density at radius 1 is 0.483 bits per heavy atom. The number of carbonyl (C=O) groups excluding carboxylic acids is 5. The molecule has 0 heterocycles. The Hall–Kier alpha value is -2.98. The molecule has 0 radical (unpaired) electrons. The molecular weight excluding hydrogens is 897 g/mol. The molecular formula is C41H74IN5O13. The van der Waals surface area contributed by atoms with Crippen molar-refractivity contribution in [2.75, 3.05) is 72.5 Å². The van der Waals surface area contributed by atoms with E-state index < -0.39 is 18.0 Å². The molecule has 0 aliphatic carbocycles. The zero-order chi connectivity index (χ0) is 44.3. The second-order valence-electron chi connectivity index (χ2n) is 14.6. The highest BCUT2D eigenvalue weighted by atomic mass is 127. The molecule has 60 heavy (non-hydrogen) atoms. The van der Waals surface area contributed by atoms with E-state index in [0.717, 1.165) is 57.7 Å². The quantitative estimate of drug-likeness (QED) is 0.0199. The average Bonchev–Trinajstić information content (AvgIpc) is 3.22. The summed E-state index contributed by atoms with van der Waals surface area (Å²) in [5.41, 5.74) is 0. The molecule has 0 saturated heterocycles. The first-order chi connectivity index (χ1) is 29.1. The van der Waals surface area contributed by atoms with Gasteiger partial charge >= 0.3 is 11.9 Å². The van der Waals surface area contributed by atoms with E-state index in [1.54, 1.807) is 0 Å². The monoisotopic (exact) mass is 971 g/mol. The lowest BCUT2D eigenvalue weighted by Gasteiger charge is -2.14. The molecule has 0 unspecified atom stereocenters. The van der Waals surface area contributed by atoms with Crippen LogP contribution in [-0.4, -0.2) is 137 Å². The number of unbranched alkanes of at least 4 members (excludes halogenated alkanes) is 14. The van der Waals surface area contributed by atoms with Gasteiger partial charge in [0.1, 0.15) is 25.5 Å². The van der Waals surface area contributed by atoms with Gasteiger partial charge in [-0.3, -0.25) is 27.5 Å². The molecule has 0 bridgehead atoms. The summed E-state index contributed by atoms with van der Waals surface area (Å²) in [5.74, 6) is -3.12. The van der Waals surface area contributed by atoms with E-state index >= 15 is 0 Å². The van der Waals surface area contributed by atoms with E-state index in [0.29, 0.717) is 19.4 Å². The Labute approximate surface area is 370 Å². The fraction of sp³-hybridized carbons (Fsp3) is 0.829. The fourth-order valence-electron chi connectivity index (χ4n) is 5.83. The first kappa shape index (κ1) is 57.0. The van der Waals surface area contributed by atoms with Crippen molar-refractivity contribution in [3.05, 3.63) is 0 Å². The maximum Gasteiger partial charge on any atom is 0.326 e. The van der Waals surface area contributed by atoms with Crippen LogP contribution in [0.4, 0.5) is 0 Å². The summed E-state index contributed by atoms with van der Waals surface area (Å²) in [6.45, 7) is 2.11. The molecule has 0 aromatic carbocycles. The first-order valence-corrected chi connectivity index (χ1v) is 22.8. The molecule has 0 spiro atoms. The Bertz CT molecular complexity index is 1150. The zero-order valence-corrected chi connectivity index (χ0v) is 37.8. The smallest absolute Gasteiger partial charge is 0.326 e. The van der Waals surface area contributed by atoms with Gasteiger partial charge in [0.25, 0.3) is 0 Å². The molecule has 0 aliphatic heterocycles. The predicted octanol–water partition coefficient (Wildman–Crippen LogP) is 3.75. The number of carbonyl (C=O) groups is 7. The minimum atomic E-state index is -1.18. The zero-order valence-electron chi connectivity index (χ0n) is 35.6. The lowest BCUT2D eigenvalue weighted by Crippen LogP contribution is -2.41. The van der Waals surface area contributed by atoms with Crippen LogP contribution in [0.1, 0.15) is 135 Å². The molecule has 348 valence electrons. The Morgan fingerprint density at radius 3 is 1.40 bits per heavy atom. The van der Waals surface area contributed by atoms with E-state index in [1.165, 1.54) is 44.9 Å². The molecule has 0 rings (SSSR count). The predicted molar refractivity (Wildman–Crippen MR) is 233 cm³/mol. The van der Waals surface area contributed by atoms with Crippen molar-refractivity contribution in [3.63, 3.8) is 0 Å². The first-order valence-electron chi connectivity index (χ1n) is 21.8. The van der Waals surface area contributed by atoms with Gasteiger partial charge in [0.15, 0.2) is 0 Å². The molecule has 0 aromatic rings. The van der Waals surface area contributed by atoms with Crippen molar-refractivity contribution < 1.29 is 62.7 Å². The minimum Gasteiger partial charge on any atom is -0.481 e. The number of amides is 4. The lowest BCUT2D eigenvalue weighted by molar-refractivity contribution is -0.142. The minimum absolute atomic E-state index is 0.0257. The van der Waals surface area contributed by atoms with Crippen molar-refractivity contribution >= 4 is 64.7 Å². The maximum atomic E-state index is 12.3. The van der Waals surface area contributed by atoms with Crippen LogP contribution in [0.5, 0.6) is 0 Å². The Balaban J connectivity index is 3.65. The maximum absolute atomic E-state index is 12.3. The van der Waals surface area contributed by atoms with E-state index in [1.807, 2.05) is 22.9 Å². The van der Waals surface area contributed by atoms with E-state index in [2.05, 4.69) is 24.8 Å². The van der Waals surface area contributed by atoms with Gasteiger partial charge in [-0.1, -0.05) is 77.0 Å². The molecule has 19 heteroatoms. The molecule has 2 atom stereocenters. The molecule has 0 fully saturated rings. The van der Waals surface area contributed by atoms with Gasteiger partial charge in [0.2, 0.25) is 23.6 Å². The number of rotatable bonds is 45. The second kappa shape index (κ2) is 42.7. The number of ether oxygens (including phenoxy) is 4. The molecule has 18 nitrogen and oxygen atoms in total. The van der Waals surface area contributed by atoms with Crippen LogP contribution in [0.2, 0.25) is 0 Å². The number of aliphatic carboxylic acids is 2. The standard InChI is InChI=1S/C41H74IN5O13/c42-47-34(31-48)17-15-16-22-43-38(51)32-59-29-28-58-26-24-45-39(52)33-60-30-27-57-25-23-44-36(49)21-20-35(41(55)56)46-37(50)18-13-11-9-7-5-3-1-2-4-6-8-10-12-14-19-40(53)54/h31,34-35,47H,1-30,32-33H2,(H,43,51)(H,44,49)(H,45,52)(H,46,50)(H,53,54)(H,55,56)/t34-,35-/m0/s1. The van der Waals surface area contributed by atoms with Crippen molar-refractivity contribution in [2.24, 2.45) is 0 Å². The lowest BCUT2D eigenvalue weighted by atomic mass is 10.0. The summed E-state index contributed by atoms with van der Waals surface area (Å²) in [7, 11) is 0. The highest BCUT2D eigenvalue weighted by molar-refractivity contribution is 14.1. The van der Waals surface area contributed by atoms with Gasteiger partial charge in [-0.15, -0.1) is 0 Å². The summed E-state index contributed by atoms with van der Waals surface area (Å²) < 4.78 is 24.2. The summed E-state index contributed by atoms with van der Waals surface area (Å²) >= 11 is 1.94. The third-order valence-electron chi connectivity index (χ3n) is 9.25. The number of hydrogen-bond donors (Lipinski definition) is 7. The van der Waals surface area contributed by atoms with Crippen LogP contribution in [0.3, 0.4) is 0 Å². The van der Waals surface area contributed by atoms with Crippen molar-refractivity contribution in [1.29, 1.82) is 0 Å². The van der Waals surface area contributed by atoms with Crippen LogP contribution in [0, 0.1) is 0 Å². The number of carboxylic acids is 2. The fourth-order valence-corrected chi connectivity index (χ4v) is 6.29. The highest BCUT2D eigenvalue weighted by Gasteiger charge is 2.21. The van der Waals surface area contributed by atoms with Crippen molar-refractivity contribution in [2.45, 2.75) is 147 Å². The Morgan fingerprint density at radius 2 is 0.933 bits per heavy atom. The number of aldehydes is 1. The summed E-state index contributed by atoms with van der Waals surface area (Å²) in [6, 6.07) is -1.31. The van der Waals surface area contributed by atoms with Gasteiger partial charge in [-0.05, 0) is 38.5 Å². The number of halogens is 1. The second-order valence-corrected chi connectivity index (χ2v) is 15.2. The van der Waals surface area contributed by atoms with E-state index in [9.17, 15) is 38.7 Å². The van der Waals surface area contributed by atoms with E-state index in [-0.39, 0.29) is 121 Å². The number of nitrogens with one attached hydrogen (secondary N) is 5. The molecule has 4 amide bonds. The van der Waals surface area contributed by atoms with Gasteiger partial charge < -0.3 is 55.2 Å². The third kappa shape index (κ3) is 40.4.